The van der Waals surface area contributed by atoms with E-state index in [1.54, 1.807) is 37.1 Å². The second-order valence-corrected chi connectivity index (χ2v) is 3.68. The highest BCUT2D eigenvalue weighted by Gasteiger charge is 2.14. The number of benzene rings is 1. The average molecular weight is 207 g/mol. The number of carbonyl (C=O) groups excluding carboxylic acids is 1. The molecule has 1 N–H and O–H groups in total. The van der Waals surface area contributed by atoms with Gasteiger partial charge in [-0.1, -0.05) is 13.0 Å². The summed E-state index contributed by atoms with van der Waals surface area (Å²) in [5.41, 5.74) is 1.22. The Labute approximate surface area is 90.3 Å². The van der Waals surface area contributed by atoms with Gasteiger partial charge >= 0.3 is 0 Å². The van der Waals surface area contributed by atoms with Crippen molar-refractivity contribution in [2.75, 3.05) is 13.6 Å². The van der Waals surface area contributed by atoms with E-state index in [1.165, 1.54) is 0 Å². The van der Waals surface area contributed by atoms with E-state index < -0.39 is 0 Å². The minimum atomic E-state index is -0.0368. The summed E-state index contributed by atoms with van der Waals surface area (Å²) in [4.78, 5) is 13.6. The molecule has 0 saturated carbocycles. The minimum absolute atomic E-state index is 0.0368. The Morgan fingerprint density at radius 2 is 2.13 bits per heavy atom. The zero-order chi connectivity index (χ0) is 11.4. The monoisotopic (exact) mass is 207 g/mol. The number of aromatic hydroxyl groups is 1. The van der Waals surface area contributed by atoms with Gasteiger partial charge in [-0.05, 0) is 25.5 Å². The molecule has 0 radical (unpaired) electrons. The molecule has 82 valence electrons. The maximum Gasteiger partial charge on any atom is 0.253 e. The molecule has 15 heavy (non-hydrogen) atoms. The number of hydrogen-bond donors (Lipinski definition) is 1. The van der Waals surface area contributed by atoms with Gasteiger partial charge in [-0.25, -0.2) is 0 Å². The first-order chi connectivity index (χ1) is 7.07. The molecule has 1 aromatic carbocycles. The molecule has 0 saturated heterocycles. The van der Waals surface area contributed by atoms with Gasteiger partial charge in [0.2, 0.25) is 0 Å². The van der Waals surface area contributed by atoms with E-state index in [9.17, 15) is 9.90 Å². The lowest BCUT2D eigenvalue weighted by Crippen LogP contribution is -2.27. The van der Waals surface area contributed by atoms with Crippen LogP contribution >= 0.6 is 0 Å². The van der Waals surface area contributed by atoms with Gasteiger partial charge in [0.15, 0.2) is 0 Å². The number of amides is 1. The molecular weight excluding hydrogens is 190 g/mol. The molecule has 0 heterocycles. The van der Waals surface area contributed by atoms with Crippen molar-refractivity contribution in [2.24, 2.45) is 0 Å². The first-order valence-electron chi connectivity index (χ1n) is 5.12. The van der Waals surface area contributed by atoms with Crippen LogP contribution in [-0.2, 0) is 0 Å². The van der Waals surface area contributed by atoms with E-state index in [2.05, 4.69) is 0 Å². The average Bonchev–Trinajstić information content (AvgIpc) is 2.21. The largest absolute Gasteiger partial charge is 0.508 e. The van der Waals surface area contributed by atoms with Crippen LogP contribution in [0.5, 0.6) is 5.75 Å². The third-order valence-corrected chi connectivity index (χ3v) is 2.44. The summed E-state index contributed by atoms with van der Waals surface area (Å²) >= 11 is 0. The van der Waals surface area contributed by atoms with Crippen molar-refractivity contribution in [1.82, 2.24) is 4.90 Å². The van der Waals surface area contributed by atoms with Crippen LogP contribution in [0, 0.1) is 6.92 Å². The van der Waals surface area contributed by atoms with Crippen LogP contribution < -0.4 is 0 Å². The zero-order valence-corrected chi connectivity index (χ0v) is 9.45. The summed E-state index contributed by atoms with van der Waals surface area (Å²) in [6.07, 6.45) is 0.931. The summed E-state index contributed by atoms with van der Waals surface area (Å²) in [5, 5.41) is 9.49. The smallest absolute Gasteiger partial charge is 0.253 e. The normalized spacial score (nSPS) is 10.1. The fourth-order valence-corrected chi connectivity index (χ4v) is 1.50. The summed E-state index contributed by atoms with van der Waals surface area (Å²) in [5.74, 6) is 0.135. The van der Waals surface area contributed by atoms with Gasteiger partial charge in [0.1, 0.15) is 5.75 Å². The molecule has 0 unspecified atom stereocenters. The van der Waals surface area contributed by atoms with E-state index in [1.807, 2.05) is 6.92 Å². The van der Waals surface area contributed by atoms with Crippen molar-refractivity contribution in [2.45, 2.75) is 20.3 Å². The minimum Gasteiger partial charge on any atom is -0.508 e. The van der Waals surface area contributed by atoms with Crippen LogP contribution in [0.25, 0.3) is 0 Å². The molecule has 0 aliphatic heterocycles. The lowest BCUT2D eigenvalue weighted by molar-refractivity contribution is 0.0794. The van der Waals surface area contributed by atoms with E-state index in [0.717, 1.165) is 13.0 Å². The van der Waals surface area contributed by atoms with Crippen LogP contribution in [0.4, 0.5) is 0 Å². The van der Waals surface area contributed by atoms with Crippen molar-refractivity contribution >= 4 is 5.91 Å². The highest BCUT2D eigenvalue weighted by Crippen LogP contribution is 2.20. The molecule has 0 bridgehead atoms. The van der Waals surface area contributed by atoms with Gasteiger partial charge < -0.3 is 10.0 Å². The van der Waals surface area contributed by atoms with Crippen LogP contribution in [-0.4, -0.2) is 29.5 Å². The van der Waals surface area contributed by atoms with Crippen LogP contribution in [0.15, 0.2) is 18.2 Å². The zero-order valence-electron chi connectivity index (χ0n) is 9.45. The third kappa shape index (κ3) is 2.49. The highest BCUT2D eigenvalue weighted by atomic mass is 16.3. The molecule has 0 aliphatic carbocycles. The Kier molecular flexibility index (Phi) is 3.72. The quantitative estimate of drug-likeness (QED) is 0.825. The molecule has 3 heteroatoms. The van der Waals surface area contributed by atoms with Gasteiger partial charge in [0.05, 0.1) is 0 Å². The second kappa shape index (κ2) is 4.82. The van der Waals surface area contributed by atoms with Gasteiger partial charge in [0, 0.05) is 24.7 Å². The molecule has 0 aromatic heterocycles. The maximum absolute atomic E-state index is 11.9. The molecule has 0 aliphatic rings. The van der Waals surface area contributed by atoms with E-state index in [-0.39, 0.29) is 11.7 Å². The molecule has 1 rings (SSSR count). The Bertz CT molecular complexity index is 361. The number of phenolic OH excluding ortho intramolecular Hbond substituents is 1. The van der Waals surface area contributed by atoms with Crippen molar-refractivity contribution in [3.8, 4) is 5.75 Å². The highest BCUT2D eigenvalue weighted by molar-refractivity contribution is 5.96. The number of rotatable bonds is 3. The van der Waals surface area contributed by atoms with Crippen LogP contribution in [0.2, 0.25) is 0 Å². The van der Waals surface area contributed by atoms with Crippen LogP contribution in [0.1, 0.15) is 29.3 Å². The lowest BCUT2D eigenvalue weighted by Gasteiger charge is -2.17. The summed E-state index contributed by atoms with van der Waals surface area (Å²) in [6.45, 7) is 4.51. The molecule has 0 atom stereocenters. The molecule has 1 amide bonds. The van der Waals surface area contributed by atoms with E-state index in [4.69, 9.17) is 0 Å². The van der Waals surface area contributed by atoms with E-state index >= 15 is 0 Å². The number of phenols is 1. The van der Waals surface area contributed by atoms with E-state index in [0.29, 0.717) is 11.1 Å². The van der Waals surface area contributed by atoms with Gasteiger partial charge in [-0.3, -0.25) is 4.79 Å². The Morgan fingerprint density at radius 1 is 1.47 bits per heavy atom. The molecule has 0 fully saturated rings. The maximum atomic E-state index is 11.9. The first kappa shape index (κ1) is 11.6. The van der Waals surface area contributed by atoms with Gasteiger partial charge in [0.25, 0.3) is 5.91 Å². The Morgan fingerprint density at radius 3 is 2.73 bits per heavy atom. The lowest BCUT2D eigenvalue weighted by atomic mass is 10.1. The predicted molar refractivity (Wildman–Crippen MR) is 60.1 cm³/mol. The standard InChI is InChI=1S/C12H17NO2/c1-4-8-13(3)12(15)10-6-5-7-11(14)9(10)2/h5-7,14H,4,8H2,1-3H3. The SMILES string of the molecule is CCCN(C)C(=O)c1cccc(O)c1C. The molecule has 1 aromatic rings. The summed E-state index contributed by atoms with van der Waals surface area (Å²) in [6, 6.07) is 5.02. The third-order valence-electron chi connectivity index (χ3n) is 2.44. The van der Waals surface area contributed by atoms with Crippen molar-refractivity contribution in [3.05, 3.63) is 29.3 Å². The topological polar surface area (TPSA) is 40.5 Å². The first-order valence-corrected chi connectivity index (χ1v) is 5.12. The number of nitrogens with zero attached hydrogens (tertiary/aromatic N) is 1. The fraction of sp³-hybridized carbons (Fsp3) is 0.417. The Balaban J connectivity index is 2.96. The second-order valence-electron chi connectivity index (χ2n) is 3.68. The van der Waals surface area contributed by atoms with Crippen molar-refractivity contribution < 1.29 is 9.90 Å². The fourth-order valence-electron chi connectivity index (χ4n) is 1.50. The predicted octanol–water partition coefficient (Wildman–Crippen LogP) is 2.18. The number of hydrogen-bond acceptors (Lipinski definition) is 2. The van der Waals surface area contributed by atoms with Crippen molar-refractivity contribution in [1.29, 1.82) is 0 Å². The molecule has 0 spiro atoms. The van der Waals surface area contributed by atoms with Gasteiger partial charge in [-0.15, -0.1) is 0 Å². The van der Waals surface area contributed by atoms with Gasteiger partial charge in [-0.2, -0.15) is 0 Å². The van der Waals surface area contributed by atoms with Crippen LogP contribution in [0.3, 0.4) is 0 Å². The summed E-state index contributed by atoms with van der Waals surface area (Å²) < 4.78 is 0. The molecule has 3 nitrogen and oxygen atoms in total. The Hall–Kier alpha value is -1.51. The number of carbonyl (C=O) groups is 1. The van der Waals surface area contributed by atoms with Crippen molar-refractivity contribution in [3.63, 3.8) is 0 Å². The summed E-state index contributed by atoms with van der Waals surface area (Å²) in [7, 11) is 1.77. The molecular formula is C12H17NO2.